The van der Waals surface area contributed by atoms with E-state index >= 15 is 0 Å². The summed E-state index contributed by atoms with van der Waals surface area (Å²) in [5.41, 5.74) is 2.83. The summed E-state index contributed by atoms with van der Waals surface area (Å²) in [4.78, 5) is 28.3. The second-order valence-corrected chi connectivity index (χ2v) is 13.8. The monoisotopic (exact) mass is 659 g/mol. The van der Waals surface area contributed by atoms with Crippen molar-refractivity contribution in [2.45, 2.75) is 123 Å². The highest BCUT2D eigenvalue weighted by Gasteiger charge is 2.28. The number of hydrogen-bond acceptors (Lipinski definition) is 5. The molecule has 0 aliphatic rings. The predicted molar refractivity (Wildman–Crippen MR) is 192 cm³/mol. The molecule has 3 aromatic rings. The smallest absolute Gasteiger partial charge is 0.417 e. The van der Waals surface area contributed by atoms with E-state index in [0.717, 1.165) is 33.8 Å². The summed E-state index contributed by atoms with van der Waals surface area (Å²) >= 11 is 0. The van der Waals surface area contributed by atoms with Crippen molar-refractivity contribution >= 4 is 12.0 Å². The minimum atomic E-state index is -0.719. The number of unbranched alkanes of at least 4 members (excludes halogenated alkanes) is 11. The molecule has 262 valence electrons. The summed E-state index contributed by atoms with van der Waals surface area (Å²) in [5.74, 6) is 0.780. The number of methoxy groups -OCH3 is 1. The number of ether oxygens (including phenoxy) is 3. The van der Waals surface area contributed by atoms with E-state index < -0.39 is 12.0 Å². The normalized spacial score (nSPS) is 11.3. The van der Waals surface area contributed by atoms with Crippen LogP contribution in [0.25, 0.3) is 0 Å². The third kappa shape index (κ3) is 13.0. The molecular formula is C41H59N2O5+. The molecule has 3 rings (SSSR count). The first-order valence-electron chi connectivity index (χ1n) is 18.0. The number of imide groups is 1. The van der Waals surface area contributed by atoms with Crippen LogP contribution in [-0.4, -0.2) is 30.6 Å². The summed E-state index contributed by atoms with van der Waals surface area (Å²) in [6, 6.07) is 16.6. The van der Waals surface area contributed by atoms with Crippen LogP contribution < -0.4 is 14.0 Å². The van der Waals surface area contributed by atoms with Crippen molar-refractivity contribution in [2.24, 2.45) is 7.05 Å². The number of carbonyl (C=O) groups is 2. The standard InChI is InChI=1S/C41H59N2O5/c1-7-8-9-10-11-12-13-14-15-16-17-20-29-47-38-24-23-34(30-36(38)41(2,3)4)32-48-40(45)43(31-33-25-27-42(5)28-26-33)39(44)35-21-18-19-22-37(35)46-6/h18-19,21-28,30H,7-17,20,29,31-32H2,1-6H3/q+1. The lowest BCUT2D eigenvalue weighted by molar-refractivity contribution is -0.671. The van der Waals surface area contributed by atoms with Crippen molar-refractivity contribution in [3.63, 3.8) is 0 Å². The van der Waals surface area contributed by atoms with Gasteiger partial charge in [-0.15, -0.1) is 0 Å². The molecule has 2 amide bonds. The third-order valence-electron chi connectivity index (χ3n) is 8.66. The second kappa shape index (κ2) is 20.5. The number of pyridine rings is 1. The Morgan fingerprint density at radius 1 is 0.750 bits per heavy atom. The zero-order valence-electron chi connectivity index (χ0n) is 30.4. The van der Waals surface area contributed by atoms with E-state index in [9.17, 15) is 9.59 Å². The average Bonchev–Trinajstić information content (AvgIpc) is 3.08. The minimum Gasteiger partial charge on any atom is -0.496 e. The van der Waals surface area contributed by atoms with E-state index in [1.165, 1.54) is 77.7 Å². The molecule has 7 nitrogen and oxygen atoms in total. The number of aryl methyl sites for hydroxylation is 1. The Labute approximate surface area is 289 Å². The van der Waals surface area contributed by atoms with E-state index in [1.54, 1.807) is 24.3 Å². The molecule has 48 heavy (non-hydrogen) atoms. The number of aromatic nitrogens is 1. The summed E-state index contributed by atoms with van der Waals surface area (Å²) in [7, 11) is 3.42. The van der Waals surface area contributed by atoms with Crippen LogP contribution in [0.2, 0.25) is 0 Å². The van der Waals surface area contributed by atoms with Gasteiger partial charge in [-0.1, -0.05) is 117 Å². The van der Waals surface area contributed by atoms with Crippen molar-refractivity contribution in [3.8, 4) is 11.5 Å². The molecule has 0 aliphatic carbocycles. The third-order valence-corrected chi connectivity index (χ3v) is 8.66. The van der Waals surface area contributed by atoms with E-state index in [4.69, 9.17) is 14.2 Å². The van der Waals surface area contributed by atoms with Crippen LogP contribution in [0.15, 0.2) is 67.0 Å². The van der Waals surface area contributed by atoms with Crippen molar-refractivity contribution in [2.75, 3.05) is 13.7 Å². The SMILES string of the molecule is CCCCCCCCCCCCCCOc1ccc(COC(=O)N(Cc2cc[n+](C)cc2)C(=O)c2ccccc2OC)cc1C(C)(C)C. The predicted octanol–water partition coefficient (Wildman–Crippen LogP) is 9.88. The van der Waals surface area contributed by atoms with Gasteiger partial charge in [-0.2, -0.15) is 0 Å². The Morgan fingerprint density at radius 2 is 1.35 bits per heavy atom. The highest BCUT2D eigenvalue weighted by molar-refractivity contribution is 6.04. The lowest BCUT2D eigenvalue weighted by Gasteiger charge is -2.24. The highest BCUT2D eigenvalue weighted by Crippen LogP contribution is 2.33. The zero-order valence-corrected chi connectivity index (χ0v) is 30.4. The fourth-order valence-corrected chi connectivity index (χ4v) is 5.73. The lowest BCUT2D eigenvalue weighted by atomic mass is 9.85. The quantitative estimate of drug-likeness (QED) is 0.0892. The molecule has 0 radical (unpaired) electrons. The Kier molecular flexibility index (Phi) is 16.5. The fourth-order valence-electron chi connectivity index (χ4n) is 5.73. The summed E-state index contributed by atoms with van der Waals surface area (Å²) in [6.07, 6.45) is 18.8. The summed E-state index contributed by atoms with van der Waals surface area (Å²) < 4.78 is 19.4. The van der Waals surface area contributed by atoms with Crippen LogP contribution in [0.1, 0.15) is 132 Å². The van der Waals surface area contributed by atoms with Gasteiger partial charge in [0.25, 0.3) is 5.91 Å². The molecule has 0 N–H and O–H groups in total. The Balaban J connectivity index is 1.56. The molecule has 0 saturated heterocycles. The van der Waals surface area contributed by atoms with Gasteiger partial charge in [-0.3, -0.25) is 4.79 Å². The Bertz CT molecular complexity index is 1400. The number of rotatable bonds is 20. The van der Waals surface area contributed by atoms with Crippen LogP contribution >= 0.6 is 0 Å². The Morgan fingerprint density at radius 3 is 1.96 bits per heavy atom. The highest BCUT2D eigenvalue weighted by atomic mass is 16.6. The molecule has 0 spiro atoms. The molecule has 0 bridgehead atoms. The number of benzene rings is 2. The first kappa shape index (κ1) is 38.6. The number of hydrogen-bond donors (Lipinski definition) is 0. The van der Waals surface area contributed by atoms with E-state index in [-0.39, 0.29) is 18.6 Å². The average molecular weight is 660 g/mol. The molecule has 0 atom stereocenters. The van der Waals surface area contributed by atoms with E-state index in [1.807, 2.05) is 48.3 Å². The van der Waals surface area contributed by atoms with Crippen LogP contribution in [0.5, 0.6) is 11.5 Å². The fraction of sp³-hybridized carbons (Fsp3) is 0.537. The number of amides is 2. The largest absolute Gasteiger partial charge is 0.496 e. The van der Waals surface area contributed by atoms with Crippen LogP contribution in [0.4, 0.5) is 4.79 Å². The van der Waals surface area contributed by atoms with Crippen molar-refractivity contribution in [1.82, 2.24) is 4.90 Å². The first-order valence-corrected chi connectivity index (χ1v) is 18.0. The molecule has 0 aliphatic heterocycles. The van der Waals surface area contributed by atoms with Gasteiger partial charge in [0, 0.05) is 12.1 Å². The van der Waals surface area contributed by atoms with Crippen LogP contribution in [-0.2, 0) is 30.4 Å². The molecule has 1 heterocycles. The van der Waals surface area contributed by atoms with Gasteiger partial charge in [0.1, 0.15) is 25.2 Å². The van der Waals surface area contributed by atoms with Crippen molar-refractivity contribution in [1.29, 1.82) is 0 Å². The number of para-hydroxylation sites is 1. The maximum atomic E-state index is 13.7. The molecule has 1 aromatic heterocycles. The zero-order chi connectivity index (χ0) is 34.8. The van der Waals surface area contributed by atoms with Crippen molar-refractivity contribution < 1.29 is 28.4 Å². The van der Waals surface area contributed by atoms with Gasteiger partial charge < -0.3 is 14.2 Å². The van der Waals surface area contributed by atoms with Crippen molar-refractivity contribution in [3.05, 3.63) is 89.2 Å². The van der Waals surface area contributed by atoms with Gasteiger partial charge in [0.15, 0.2) is 12.4 Å². The molecular weight excluding hydrogens is 600 g/mol. The van der Waals surface area contributed by atoms with Gasteiger partial charge in [0.05, 0.1) is 25.8 Å². The molecule has 0 saturated carbocycles. The molecule has 7 heteroatoms. The molecule has 0 fully saturated rings. The second-order valence-electron chi connectivity index (χ2n) is 13.8. The van der Waals surface area contributed by atoms with Crippen LogP contribution in [0.3, 0.4) is 0 Å². The lowest BCUT2D eigenvalue weighted by Crippen LogP contribution is -2.37. The summed E-state index contributed by atoms with van der Waals surface area (Å²) in [5, 5.41) is 0. The Hall–Kier alpha value is -3.87. The number of carbonyl (C=O) groups excluding carboxylic acids is 2. The van der Waals surface area contributed by atoms with E-state index in [2.05, 4.69) is 33.8 Å². The number of nitrogens with zero attached hydrogens (tertiary/aromatic N) is 2. The first-order chi connectivity index (χ1) is 23.1. The topological polar surface area (TPSA) is 69.0 Å². The maximum Gasteiger partial charge on any atom is 0.417 e. The molecule has 0 unspecified atom stereocenters. The van der Waals surface area contributed by atoms with Gasteiger partial charge in [-0.25, -0.2) is 14.3 Å². The summed E-state index contributed by atoms with van der Waals surface area (Å²) in [6.45, 7) is 9.51. The van der Waals surface area contributed by atoms with Gasteiger partial charge in [-0.05, 0) is 52.8 Å². The minimum absolute atomic E-state index is 0.0282. The maximum absolute atomic E-state index is 13.7. The van der Waals surface area contributed by atoms with Gasteiger partial charge in [0.2, 0.25) is 0 Å². The molecule has 2 aromatic carbocycles. The van der Waals surface area contributed by atoms with E-state index in [0.29, 0.717) is 17.9 Å². The van der Waals surface area contributed by atoms with Gasteiger partial charge >= 0.3 is 6.09 Å². The van der Waals surface area contributed by atoms with Crippen LogP contribution in [0, 0.1) is 0 Å².